The minimum Gasteiger partial charge on any atom is -0.0654 e. The monoisotopic (exact) mass is 479 g/mol. The Morgan fingerprint density at radius 1 is 0.294 bits per heavy atom. The van der Waals surface area contributed by atoms with Gasteiger partial charge in [-0.05, 0) is 18.3 Å². The molecule has 0 aliphatic rings. The molecule has 0 aromatic carbocycles. The Labute approximate surface area is 219 Å². The molecule has 0 aromatic rings. The zero-order valence-electron chi connectivity index (χ0n) is 25.0. The van der Waals surface area contributed by atoms with Gasteiger partial charge in [0.2, 0.25) is 0 Å². The van der Waals surface area contributed by atoms with E-state index in [1.807, 2.05) is 0 Å². The molecule has 0 saturated heterocycles. The van der Waals surface area contributed by atoms with Gasteiger partial charge >= 0.3 is 0 Å². The molecule has 0 saturated carbocycles. The lowest BCUT2D eigenvalue weighted by atomic mass is 9.89. The van der Waals surface area contributed by atoms with Crippen molar-refractivity contribution >= 4 is 0 Å². The van der Waals surface area contributed by atoms with E-state index in [2.05, 4.69) is 27.7 Å². The van der Waals surface area contributed by atoms with Crippen LogP contribution in [0.4, 0.5) is 0 Å². The Balaban J connectivity index is 3.27. The SMILES string of the molecule is CCCCCCCCCCCCCCCCC(C)CC(C)CCCCCCCCCCCCC. The zero-order chi connectivity index (χ0) is 25.0. The van der Waals surface area contributed by atoms with Crippen LogP contribution < -0.4 is 0 Å². The summed E-state index contributed by atoms with van der Waals surface area (Å²) in [5.74, 6) is 1.89. The van der Waals surface area contributed by atoms with E-state index >= 15 is 0 Å². The first-order chi connectivity index (χ1) is 16.7. The third-order valence-electron chi connectivity index (χ3n) is 8.16. The second-order valence-corrected chi connectivity index (χ2v) is 12.2. The minimum absolute atomic E-state index is 0.944. The van der Waals surface area contributed by atoms with Crippen molar-refractivity contribution in [1.29, 1.82) is 0 Å². The van der Waals surface area contributed by atoms with Crippen LogP contribution in [0.5, 0.6) is 0 Å². The van der Waals surface area contributed by atoms with E-state index in [9.17, 15) is 0 Å². The second kappa shape index (κ2) is 29.2. The summed E-state index contributed by atoms with van der Waals surface area (Å²) in [6, 6.07) is 0. The van der Waals surface area contributed by atoms with Crippen LogP contribution in [-0.4, -0.2) is 0 Å². The molecule has 0 heterocycles. The first kappa shape index (κ1) is 34.0. The van der Waals surface area contributed by atoms with Gasteiger partial charge in [0.1, 0.15) is 0 Å². The summed E-state index contributed by atoms with van der Waals surface area (Å²) in [5.41, 5.74) is 0. The number of hydrogen-bond donors (Lipinski definition) is 0. The van der Waals surface area contributed by atoms with Crippen LogP contribution in [0.3, 0.4) is 0 Å². The second-order valence-electron chi connectivity index (χ2n) is 12.2. The Hall–Kier alpha value is 0. The first-order valence-electron chi connectivity index (χ1n) is 16.7. The van der Waals surface area contributed by atoms with Crippen molar-refractivity contribution in [3.8, 4) is 0 Å². The third-order valence-corrected chi connectivity index (χ3v) is 8.16. The molecule has 206 valence electrons. The highest BCUT2D eigenvalue weighted by Crippen LogP contribution is 2.23. The highest BCUT2D eigenvalue weighted by atomic mass is 14.1. The smallest absolute Gasteiger partial charge is 0.0440 e. The maximum Gasteiger partial charge on any atom is -0.0440 e. The van der Waals surface area contributed by atoms with E-state index in [1.54, 1.807) is 0 Å². The predicted molar refractivity (Wildman–Crippen MR) is 159 cm³/mol. The Morgan fingerprint density at radius 3 is 0.735 bits per heavy atom. The maximum absolute atomic E-state index is 2.51. The third kappa shape index (κ3) is 28.2. The Bertz CT molecular complexity index is 346. The van der Waals surface area contributed by atoms with Crippen molar-refractivity contribution in [3.63, 3.8) is 0 Å². The van der Waals surface area contributed by atoms with Gasteiger partial charge in [0.15, 0.2) is 0 Å². The van der Waals surface area contributed by atoms with Gasteiger partial charge < -0.3 is 0 Å². The van der Waals surface area contributed by atoms with Gasteiger partial charge in [-0.2, -0.15) is 0 Å². The number of unbranched alkanes of at least 4 members (excludes halogenated alkanes) is 23. The lowest BCUT2D eigenvalue weighted by Gasteiger charge is -2.17. The summed E-state index contributed by atoms with van der Waals surface area (Å²) >= 11 is 0. The molecule has 0 spiro atoms. The largest absolute Gasteiger partial charge is 0.0654 e. The summed E-state index contributed by atoms with van der Waals surface area (Å²) in [6.45, 7) is 9.64. The summed E-state index contributed by atoms with van der Waals surface area (Å²) < 4.78 is 0. The topological polar surface area (TPSA) is 0 Å². The highest BCUT2D eigenvalue weighted by Gasteiger charge is 2.08. The molecule has 0 N–H and O–H groups in total. The summed E-state index contributed by atoms with van der Waals surface area (Å²) in [7, 11) is 0. The van der Waals surface area contributed by atoms with Crippen LogP contribution in [-0.2, 0) is 0 Å². The molecular weight excluding hydrogens is 408 g/mol. The normalized spacial score (nSPS) is 13.4. The lowest BCUT2D eigenvalue weighted by molar-refractivity contribution is 0.356. The van der Waals surface area contributed by atoms with Crippen LogP contribution in [0, 0.1) is 11.8 Å². The van der Waals surface area contributed by atoms with Crippen molar-refractivity contribution < 1.29 is 0 Å². The van der Waals surface area contributed by atoms with Crippen molar-refractivity contribution in [2.45, 2.75) is 207 Å². The molecule has 0 aliphatic heterocycles. The summed E-state index contributed by atoms with van der Waals surface area (Å²) in [4.78, 5) is 0. The molecule has 2 unspecified atom stereocenters. The van der Waals surface area contributed by atoms with E-state index in [0.717, 1.165) is 11.8 Å². The molecule has 0 heteroatoms. The summed E-state index contributed by atoms with van der Waals surface area (Å²) in [5, 5.41) is 0. The molecule has 0 nitrogen and oxygen atoms in total. The average Bonchev–Trinajstić information content (AvgIpc) is 2.82. The van der Waals surface area contributed by atoms with Gasteiger partial charge in [-0.3, -0.25) is 0 Å². The fourth-order valence-corrected chi connectivity index (χ4v) is 5.77. The maximum atomic E-state index is 2.51. The van der Waals surface area contributed by atoms with Gasteiger partial charge in [0.25, 0.3) is 0 Å². The van der Waals surface area contributed by atoms with E-state index < -0.39 is 0 Å². The van der Waals surface area contributed by atoms with Gasteiger partial charge in [-0.1, -0.05) is 201 Å². The zero-order valence-corrected chi connectivity index (χ0v) is 25.0. The first-order valence-corrected chi connectivity index (χ1v) is 16.7. The van der Waals surface area contributed by atoms with Crippen molar-refractivity contribution in [3.05, 3.63) is 0 Å². The van der Waals surface area contributed by atoms with Crippen LogP contribution in [0.25, 0.3) is 0 Å². The Kier molecular flexibility index (Phi) is 29.2. The van der Waals surface area contributed by atoms with Crippen LogP contribution in [0.15, 0.2) is 0 Å². The summed E-state index contributed by atoms with van der Waals surface area (Å²) in [6.07, 6.45) is 41.1. The molecule has 34 heavy (non-hydrogen) atoms. The van der Waals surface area contributed by atoms with Crippen LogP contribution >= 0.6 is 0 Å². The minimum atomic E-state index is 0.944. The molecule has 2 atom stereocenters. The fraction of sp³-hybridized carbons (Fsp3) is 1.00. The van der Waals surface area contributed by atoms with Gasteiger partial charge in [-0.15, -0.1) is 0 Å². The fourth-order valence-electron chi connectivity index (χ4n) is 5.77. The van der Waals surface area contributed by atoms with Crippen LogP contribution in [0.2, 0.25) is 0 Å². The van der Waals surface area contributed by atoms with Gasteiger partial charge in [0, 0.05) is 0 Å². The molecule has 0 aliphatic carbocycles. The molecule has 0 rings (SSSR count). The van der Waals surface area contributed by atoms with E-state index in [0.29, 0.717) is 0 Å². The van der Waals surface area contributed by atoms with Gasteiger partial charge in [-0.25, -0.2) is 0 Å². The molecule has 0 radical (unpaired) electrons. The molecule has 0 bridgehead atoms. The van der Waals surface area contributed by atoms with Crippen molar-refractivity contribution in [1.82, 2.24) is 0 Å². The predicted octanol–water partition coefficient (Wildman–Crippen LogP) is 13.2. The van der Waals surface area contributed by atoms with E-state index in [-0.39, 0.29) is 0 Å². The molecule has 0 fully saturated rings. The van der Waals surface area contributed by atoms with Crippen LogP contribution in [0.1, 0.15) is 207 Å². The number of hydrogen-bond acceptors (Lipinski definition) is 0. The van der Waals surface area contributed by atoms with Crippen molar-refractivity contribution in [2.75, 3.05) is 0 Å². The molecule has 0 aromatic heterocycles. The van der Waals surface area contributed by atoms with Gasteiger partial charge in [0.05, 0.1) is 0 Å². The molecule has 0 amide bonds. The van der Waals surface area contributed by atoms with E-state index in [1.165, 1.54) is 180 Å². The average molecular weight is 479 g/mol. The molecular formula is C34H70. The highest BCUT2D eigenvalue weighted by molar-refractivity contribution is 4.61. The quantitative estimate of drug-likeness (QED) is 0.0937. The van der Waals surface area contributed by atoms with Crippen molar-refractivity contribution in [2.24, 2.45) is 11.8 Å². The van der Waals surface area contributed by atoms with E-state index in [4.69, 9.17) is 0 Å². The Morgan fingerprint density at radius 2 is 0.500 bits per heavy atom. The standard InChI is InChI=1S/C34H70/c1-5-7-9-11-13-15-17-18-19-21-23-25-27-29-31-34(4)32-33(3)30-28-26-24-22-20-16-14-12-10-8-6-2/h33-34H,5-32H2,1-4H3. The number of rotatable bonds is 29. The lowest BCUT2D eigenvalue weighted by Crippen LogP contribution is -2.03.